The first-order valence-corrected chi connectivity index (χ1v) is 4.77. The molecule has 2 aromatic rings. The fourth-order valence-corrected chi connectivity index (χ4v) is 1.25. The van der Waals surface area contributed by atoms with Crippen LogP contribution in [-0.2, 0) is 0 Å². The van der Waals surface area contributed by atoms with Gasteiger partial charge in [-0.1, -0.05) is 5.16 Å². The summed E-state index contributed by atoms with van der Waals surface area (Å²) >= 11 is 0. The minimum atomic E-state index is -0.645. The van der Waals surface area contributed by atoms with Gasteiger partial charge in [-0.05, 0) is 12.1 Å². The van der Waals surface area contributed by atoms with Crippen LogP contribution in [0.3, 0.4) is 0 Å². The monoisotopic (exact) mass is 247 g/mol. The van der Waals surface area contributed by atoms with Crippen LogP contribution in [0.1, 0.15) is 16.3 Å². The summed E-state index contributed by atoms with van der Waals surface area (Å²) in [5, 5.41) is 15.2. The van der Waals surface area contributed by atoms with E-state index in [0.29, 0.717) is 5.69 Å². The molecule has 2 rings (SSSR count). The van der Waals surface area contributed by atoms with Crippen molar-refractivity contribution in [1.29, 1.82) is 0 Å². The Balaban J connectivity index is 2.40. The van der Waals surface area contributed by atoms with Gasteiger partial charge in [-0.3, -0.25) is 9.78 Å². The van der Waals surface area contributed by atoms with Gasteiger partial charge in [0.15, 0.2) is 0 Å². The molecule has 2 heterocycles. The van der Waals surface area contributed by atoms with Gasteiger partial charge < -0.3 is 16.7 Å². The number of aromatic nitrogens is 4. The molecule has 0 unspecified atom stereocenters. The predicted molar refractivity (Wildman–Crippen MR) is 60.2 cm³/mol. The highest BCUT2D eigenvalue weighted by Crippen LogP contribution is 2.06. The molecule has 0 aliphatic carbocycles. The Kier molecular flexibility index (Phi) is 2.87. The molecule has 9 nitrogen and oxygen atoms in total. The van der Waals surface area contributed by atoms with E-state index in [1.54, 1.807) is 6.07 Å². The van der Waals surface area contributed by atoms with E-state index in [1.807, 2.05) is 0 Å². The van der Waals surface area contributed by atoms with Crippen molar-refractivity contribution in [1.82, 2.24) is 19.7 Å². The number of carbonyl (C=O) groups excluding carboxylic acids is 1. The molecular weight excluding hydrogens is 238 g/mol. The number of nitrogens with two attached hydrogens (primary N) is 2. The molecule has 9 heteroatoms. The summed E-state index contributed by atoms with van der Waals surface area (Å²) in [5.41, 5.74) is 11.1. The highest BCUT2D eigenvalue weighted by Gasteiger charge is 2.09. The standard InChI is InChI=1S/C9H9N7O2/c10-7(15-18)9-13-4-16(14-9)5-1-2-12-6(3-5)8(11)17/h1-4,18H,(H2,10,15)(H2,11,17). The van der Waals surface area contributed by atoms with Crippen LogP contribution in [0, 0.1) is 0 Å². The van der Waals surface area contributed by atoms with E-state index in [2.05, 4.69) is 20.2 Å². The molecule has 2 aromatic heterocycles. The first-order chi connectivity index (χ1) is 8.61. The van der Waals surface area contributed by atoms with Crippen LogP contribution in [0.2, 0.25) is 0 Å². The Morgan fingerprint density at radius 3 is 2.83 bits per heavy atom. The molecule has 0 aromatic carbocycles. The summed E-state index contributed by atoms with van der Waals surface area (Å²) in [5.74, 6) is -0.790. The van der Waals surface area contributed by atoms with E-state index in [0.717, 1.165) is 0 Å². The molecule has 0 atom stereocenters. The Hall–Kier alpha value is -2.97. The molecule has 0 saturated heterocycles. The van der Waals surface area contributed by atoms with Gasteiger partial charge in [0.2, 0.25) is 11.7 Å². The van der Waals surface area contributed by atoms with E-state index in [1.165, 1.54) is 23.3 Å². The van der Waals surface area contributed by atoms with Gasteiger partial charge in [0.25, 0.3) is 5.91 Å². The number of amides is 1. The van der Waals surface area contributed by atoms with E-state index in [4.69, 9.17) is 16.7 Å². The molecule has 92 valence electrons. The number of amidine groups is 1. The molecule has 0 radical (unpaired) electrons. The van der Waals surface area contributed by atoms with Crippen molar-refractivity contribution in [2.45, 2.75) is 0 Å². The minimum Gasteiger partial charge on any atom is -0.409 e. The van der Waals surface area contributed by atoms with Crippen LogP contribution in [0.25, 0.3) is 5.69 Å². The van der Waals surface area contributed by atoms with Crippen molar-refractivity contribution in [3.8, 4) is 5.69 Å². The second kappa shape index (κ2) is 4.49. The number of nitrogens with zero attached hydrogens (tertiary/aromatic N) is 5. The molecule has 1 amide bonds. The molecule has 0 saturated carbocycles. The number of hydrogen-bond donors (Lipinski definition) is 3. The average molecular weight is 247 g/mol. The summed E-state index contributed by atoms with van der Waals surface area (Å²) in [6.07, 6.45) is 2.77. The van der Waals surface area contributed by atoms with Gasteiger partial charge in [0.05, 0.1) is 5.69 Å². The van der Waals surface area contributed by atoms with Crippen molar-refractivity contribution in [2.75, 3.05) is 0 Å². The highest BCUT2D eigenvalue weighted by molar-refractivity contribution is 5.93. The first-order valence-electron chi connectivity index (χ1n) is 4.77. The maximum Gasteiger partial charge on any atom is 0.267 e. The van der Waals surface area contributed by atoms with Gasteiger partial charge in [-0.2, -0.15) is 0 Å². The second-order valence-corrected chi connectivity index (χ2v) is 3.26. The molecule has 0 aliphatic heterocycles. The Labute approximate surface area is 101 Å². The Bertz CT molecular complexity index is 619. The van der Waals surface area contributed by atoms with E-state index in [-0.39, 0.29) is 17.4 Å². The molecule has 0 fully saturated rings. The van der Waals surface area contributed by atoms with E-state index in [9.17, 15) is 4.79 Å². The lowest BCUT2D eigenvalue weighted by Crippen LogP contribution is -2.16. The third kappa shape index (κ3) is 2.09. The molecule has 5 N–H and O–H groups in total. The quantitative estimate of drug-likeness (QED) is 0.270. The predicted octanol–water partition coefficient (Wildman–Crippen LogP) is -1.14. The summed E-state index contributed by atoms with van der Waals surface area (Å²) in [6.45, 7) is 0. The third-order valence-corrected chi connectivity index (χ3v) is 2.09. The SMILES string of the molecule is NC(=O)c1cc(-n2cnc(C(N)=NO)n2)ccn1. The maximum absolute atomic E-state index is 11.0. The topological polar surface area (TPSA) is 145 Å². The number of oxime groups is 1. The number of hydrogen-bond acceptors (Lipinski definition) is 6. The largest absolute Gasteiger partial charge is 0.409 e. The number of rotatable bonds is 3. The minimum absolute atomic E-state index is 0.0648. The van der Waals surface area contributed by atoms with Crippen LogP contribution in [0.5, 0.6) is 0 Å². The van der Waals surface area contributed by atoms with Gasteiger partial charge in [-0.15, -0.1) is 5.10 Å². The molecule has 0 bridgehead atoms. The van der Waals surface area contributed by atoms with Crippen molar-refractivity contribution in [3.63, 3.8) is 0 Å². The van der Waals surface area contributed by atoms with E-state index < -0.39 is 5.91 Å². The fraction of sp³-hybridized carbons (Fsp3) is 0. The molecule has 0 aliphatic rings. The normalized spacial score (nSPS) is 11.4. The highest BCUT2D eigenvalue weighted by atomic mass is 16.4. The van der Waals surface area contributed by atoms with Crippen molar-refractivity contribution >= 4 is 11.7 Å². The lowest BCUT2D eigenvalue weighted by molar-refractivity contribution is 0.0995. The summed E-state index contributed by atoms with van der Waals surface area (Å²) in [4.78, 5) is 18.6. The zero-order chi connectivity index (χ0) is 13.1. The van der Waals surface area contributed by atoms with E-state index >= 15 is 0 Å². The second-order valence-electron chi connectivity index (χ2n) is 3.26. The Morgan fingerprint density at radius 2 is 2.17 bits per heavy atom. The summed E-state index contributed by atoms with van der Waals surface area (Å²) in [6, 6.07) is 3.06. The van der Waals surface area contributed by atoms with Crippen LogP contribution in [-0.4, -0.2) is 36.7 Å². The Morgan fingerprint density at radius 1 is 1.39 bits per heavy atom. The lowest BCUT2D eigenvalue weighted by Gasteiger charge is -2.00. The number of carbonyl (C=O) groups is 1. The van der Waals surface area contributed by atoms with Gasteiger partial charge in [0.1, 0.15) is 12.0 Å². The van der Waals surface area contributed by atoms with Crippen LogP contribution in [0.4, 0.5) is 0 Å². The third-order valence-electron chi connectivity index (χ3n) is 2.09. The van der Waals surface area contributed by atoms with Gasteiger partial charge >= 0.3 is 0 Å². The zero-order valence-electron chi connectivity index (χ0n) is 9.06. The van der Waals surface area contributed by atoms with Crippen molar-refractivity contribution in [2.24, 2.45) is 16.6 Å². The maximum atomic E-state index is 11.0. The molecule has 0 spiro atoms. The van der Waals surface area contributed by atoms with Crippen molar-refractivity contribution in [3.05, 3.63) is 36.2 Å². The van der Waals surface area contributed by atoms with Crippen LogP contribution < -0.4 is 11.5 Å². The van der Waals surface area contributed by atoms with Crippen LogP contribution in [0.15, 0.2) is 29.8 Å². The molecular formula is C9H9N7O2. The fourth-order valence-electron chi connectivity index (χ4n) is 1.25. The van der Waals surface area contributed by atoms with Crippen LogP contribution >= 0.6 is 0 Å². The lowest BCUT2D eigenvalue weighted by atomic mass is 10.3. The summed E-state index contributed by atoms with van der Waals surface area (Å²) < 4.78 is 1.35. The van der Waals surface area contributed by atoms with Gasteiger partial charge in [-0.25, -0.2) is 9.67 Å². The number of primary amides is 1. The average Bonchev–Trinajstić information content (AvgIpc) is 2.87. The number of pyridine rings is 1. The van der Waals surface area contributed by atoms with Crippen molar-refractivity contribution < 1.29 is 10.0 Å². The first kappa shape index (κ1) is 11.5. The van der Waals surface area contributed by atoms with Gasteiger partial charge in [0, 0.05) is 6.20 Å². The zero-order valence-corrected chi connectivity index (χ0v) is 9.06. The summed E-state index contributed by atoms with van der Waals surface area (Å²) in [7, 11) is 0. The smallest absolute Gasteiger partial charge is 0.267 e. The molecule has 18 heavy (non-hydrogen) atoms.